The number of hydrogen-bond donors (Lipinski definition) is 0. The summed E-state index contributed by atoms with van der Waals surface area (Å²) in [6.07, 6.45) is 1.72. The van der Waals surface area contributed by atoms with Gasteiger partial charge >= 0.3 is 5.97 Å². The highest BCUT2D eigenvalue weighted by molar-refractivity contribution is 7.09. The van der Waals surface area contributed by atoms with E-state index in [0.29, 0.717) is 24.6 Å². The lowest BCUT2D eigenvalue weighted by molar-refractivity contribution is 0.0587. The molecule has 2 rings (SSSR count). The van der Waals surface area contributed by atoms with Gasteiger partial charge in [0.05, 0.1) is 24.8 Å². The van der Waals surface area contributed by atoms with Crippen LogP contribution in [0.1, 0.15) is 39.6 Å². The smallest absolute Gasteiger partial charge is 0.338 e. The second-order valence-corrected chi connectivity index (χ2v) is 6.52. The fourth-order valence-electron chi connectivity index (χ4n) is 2.28. The summed E-state index contributed by atoms with van der Waals surface area (Å²) in [6, 6.07) is 6.73. The van der Waals surface area contributed by atoms with E-state index in [1.54, 1.807) is 35.4 Å². The van der Waals surface area contributed by atoms with Gasteiger partial charge in [-0.1, -0.05) is 26.0 Å². The van der Waals surface area contributed by atoms with E-state index in [0.717, 1.165) is 5.01 Å². The summed E-state index contributed by atoms with van der Waals surface area (Å²) in [5.41, 5.74) is 0.643. The average molecular weight is 332 g/mol. The number of hydrogen-bond acceptors (Lipinski definition) is 5. The predicted octanol–water partition coefficient (Wildman–Crippen LogP) is 3.23. The summed E-state index contributed by atoms with van der Waals surface area (Å²) < 4.78 is 4.77. The van der Waals surface area contributed by atoms with Crippen molar-refractivity contribution in [2.75, 3.05) is 13.7 Å². The Labute approximate surface area is 139 Å². The number of methoxy groups -OCH3 is 1. The molecular weight excluding hydrogens is 312 g/mol. The van der Waals surface area contributed by atoms with Gasteiger partial charge in [0.1, 0.15) is 5.01 Å². The van der Waals surface area contributed by atoms with Crippen LogP contribution in [0.2, 0.25) is 0 Å². The molecule has 6 heteroatoms. The monoisotopic (exact) mass is 332 g/mol. The van der Waals surface area contributed by atoms with E-state index >= 15 is 0 Å². The van der Waals surface area contributed by atoms with Crippen LogP contribution in [0.5, 0.6) is 0 Å². The molecular formula is C17H20N2O3S. The van der Waals surface area contributed by atoms with Crippen molar-refractivity contribution in [1.29, 1.82) is 0 Å². The Morgan fingerprint density at radius 2 is 1.96 bits per heavy atom. The van der Waals surface area contributed by atoms with Crippen LogP contribution in [-0.4, -0.2) is 35.4 Å². The molecule has 122 valence electrons. The number of aromatic nitrogens is 1. The van der Waals surface area contributed by atoms with Crippen molar-refractivity contribution in [3.8, 4) is 0 Å². The summed E-state index contributed by atoms with van der Waals surface area (Å²) in [5.74, 6) is -0.383. The largest absolute Gasteiger partial charge is 0.465 e. The van der Waals surface area contributed by atoms with Crippen LogP contribution in [0, 0.1) is 5.92 Å². The van der Waals surface area contributed by atoms with Crippen LogP contribution in [-0.2, 0) is 11.3 Å². The molecule has 0 atom stereocenters. The number of ether oxygens (including phenoxy) is 1. The van der Waals surface area contributed by atoms with E-state index in [2.05, 4.69) is 4.98 Å². The van der Waals surface area contributed by atoms with Gasteiger partial charge in [-0.25, -0.2) is 9.78 Å². The molecule has 2 aromatic rings. The van der Waals surface area contributed by atoms with E-state index < -0.39 is 5.97 Å². The first kappa shape index (κ1) is 17.1. The van der Waals surface area contributed by atoms with Gasteiger partial charge in [-0.3, -0.25) is 4.79 Å². The van der Waals surface area contributed by atoms with Crippen molar-refractivity contribution < 1.29 is 14.3 Å². The molecule has 0 aliphatic carbocycles. The number of amides is 1. The Bertz CT molecular complexity index is 668. The van der Waals surface area contributed by atoms with Gasteiger partial charge in [0, 0.05) is 18.1 Å². The highest BCUT2D eigenvalue weighted by Crippen LogP contribution is 2.17. The molecule has 5 nitrogen and oxygen atoms in total. The number of benzene rings is 1. The lowest BCUT2D eigenvalue weighted by Gasteiger charge is -2.24. The maximum Gasteiger partial charge on any atom is 0.338 e. The average Bonchev–Trinajstić information content (AvgIpc) is 3.05. The second-order valence-electron chi connectivity index (χ2n) is 5.54. The third kappa shape index (κ3) is 4.39. The summed E-state index contributed by atoms with van der Waals surface area (Å²) in [6.45, 7) is 5.13. The Hall–Kier alpha value is -2.21. The topological polar surface area (TPSA) is 59.5 Å². The van der Waals surface area contributed by atoms with Crippen molar-refractivity contribution >= 4 is 23.2 Å². The second kappa shape index (κ2) is 7.87. The molecule has 0 saturated carbocycles. The zero-order chi connectivity index (χ0) is 16.8. The third-order valence-corrected chi connectivity index (χ3v) is 4.01. The highest BCUT2D eigenvalue weighted by atomic mass is 32.1. The molecule has 0 saturated heterocycles. The van der Waals surface area contributed by atoms with E-state index in [1.807, 2.05) is 19.2 Å². The molecule has 0 spiro atoms. The van der Waals surface area contributed by atoms with Gasteiger partial charge in [0.15, 0.2) is 0 Å². The standard InChI is InChI=1S/C17H20N2O3S/c1-12(2)10-19(11-15-18-8-9-23-15)16(20)13-6-4-5-7-14(13)17(21)22-3/h4-9,12H,10-11H2,1-3H3. The molecule has 0 fully saturated rings. The number of nitrogens with zero attached hydrogens (tertiary/aromatic N) is 2. The molecule has 0 aliphatic rings. The summed E-state index contributed by atoms with van der Waals surface area (Å²) in [7, 11) is 1.31. The van der Waals surface area contributed by atoms with Gasteiger partial charge in [-0.05, 0) is 18.1 Å². The van der Waals surface area contributed by atoms with Gasteiger partial charge in [-0.2, -0.15) is 0 Å². The first-order valence-electron chi connectivity index (χ1n) is 7.38. The number of thiazole rings is 1. The van der Waals surface area contributed by atoms with Crippen molar-refractivity contribution in [1.82, 2.24) is 9.88 Å². The summed E-state index contributed by atoms with van der Waals surface area (Å²) >= 11 is 1.51. The molecule has 1 aromatic heterocycles. The van der Waals surface area contributed by atoms with Crippen LogP contribution in [0.15, 0.2) is 35.8 Å². The van der Waals surface area contributed by atoms with Crippen LogP contribution in [0.4, 0.5) is 0 Å². The first-order chi connectivity index (χ1) is 11.0. The fraction of sp³-hybridized carbons (Fsp3) is 0.353. The van der Waals surface area contributed by atoms with Gasteiger partial charge in [0.2, 0.25) is 0 Å². The SMILES string of the molecule is COC(=O)c1ccccc1C(=O)N(Cc1nccs1)CC(C)C. The summed E-state index contributed by atoms with van der Waals surface area (Å²) in [5, 5.41) is 2.75. The van der Waals surface area contributed by atoms with Crippen LogP contribution < -0.4 is 0 Å². The molecule has 0 radical (unpaired) electrons. The quantitative estimate of drug-likeness (QED) is 0.762. The minimum Gasteiger partial charge on any atom is -0.465 e. The maximum absolute atomic E-state index is 12.9. The Kier molecular flexibility index (Phi) is 5.87. The zero-order valence-electron chi connectivity index (χ0n) is 13.5. The lowest BCUT2D eigenvalue weighted by atomic mass is 10.1. The Balaban J connectivity index is 2.31. The Morgan fingerprint density at radius 1 is 1.26 bits per heavy atom. The molecule has 0 unspecified atom stereocenters. The number of rotatable bonds is 6. The molecule has 0 bridgehead atoms. The van der Waals surface area contributed by atoms with E-state index in [1.165, 1.54) is 18.4 Å². The van der Waals surface area contributed by atoms with Gasteiger partial charge < -0.3 is 9.64 Å². The highest BCUT2D eigenvalue weighted by Gasteiger charge is 2.23. The molecule has 1 heterocycles. The van der Waals surface area contributed by atoms with Crippen molar-refractivity contribution in [2.24, 2.45) is 5.92 Å². The van der Waals surface area contributed by atoms with Crippen LogP contribution >= 0.6 is 11.3 Å². The minimum absolute atomic E-state index is 0.185. The molecule has 0 N–H and O–H groups in total. The van der Waals surface area contributed by atoms with Gasteiger partial charge in [-0.15, -0.1) is 11.3 Å². The van der Waals surface area contributed by atoms with Crippen molar-refractivity contribution in [3.05, 3.63) is 52.0 Å². The fourth-order valence-corrected chi connectivity index (χ4v) is 2.91. The first-order valence-corrected chi connectivity index (χ1v) is 8.26. The van der Waals surface area contributed by atoms with E-state index in [4.69, 9.17) is 4.74 Å². The Morgan fingerprint density at radius 3 is 2.52 bits per heavy atom. The zero-order valence-corrected chi connectivity index (χ0v) is 14.3. The lowest BCUT2D eigenvalue weighted by Crippen LogP contribution is -2.34. The molecule has 23 heavy (non-hydrogen) atoms. The predicted molar refractivity (Wildman–Crippen MR) is 89.5 cm³/mol. The van der Waals surface area contributed by atoms with Crippen LogP contribution in [0.3, 0.4) is 0 Å². The van der Waals surface area contributed by atoms with Gasteiger partial charge in [0.25, 0.3) is 5.91 Å². The third-order valence-electron chi connectivity index (χ3n) is 3.25. The molecule has 0 aliphatic heterocycles. The normalized spacial score (nSPS) is 10.6. The summed E-state index contributed by atoms with van der Waals surface area (Å²) in [4.78, 5) is 30.8. The maximum atomic E-state index is 12.9. The minimum atomic E-state index is -0.507. The van der Waals surface area contributed by atoms with Crippen LogP contribution in [0.25, 0.3) is 0 Å². The number of esters is 1. The van der Waals surface area contributed by atoms with Crippen molar-refractivity contribution in [2.45, 2.75) is 20.4 Å². The number of carbonyl (C=O) groups is 2. The van der Waals surface area contributed by atoms with E-state index in [9.17, 15) is 9.59 Å². The van der Waals surface area contributed by atoms with Crippen molar-refractivity contribution in [3.63, 3.8) is 0 Å². The molecule has 1 aromatic carbocycles. The van der Waals surface area contributed by atoms with E-state index in [-0.39, 0.29) is 11.5 Å². The number of carbonyl (C=O) groups excluding carboxylic acids is 2. The molecule has 1 amide bonds.